The zero-order valence-corrected chi connectivity index (χ0v) is 12.4. The Kier molecular flexibility index (Phi) is 4.75. The Morgan fingerprint density at radius 3 is 2.67 bits per heavy atom. The van der Waals surface area contributed by atoms with Crippen molar-refractivity contribution in [3.63, 3.8) is 0 Å². The van der Waals surface area contributed by atoms with Gasteiger partial charge in [-0.15, -0.1) is 0 Å². The Hall–Kier alpha value is -2.14. The number of rotatable bonds is 3. The molecule has 112 valence electrons. The molecule has 5 nitrogen and oxygen atoms in total. The maximum Gasteiger partial charge on any atom is 0.245 e. The van der Waals surface area contributed by atoms with Gasteiger partial charge >= 0.3 is 0 Å². The van der Waals surface area contributed by atoms with Crippen LogP contribution in [0.3, 0.4) is 0 Å². The van der Waals surface area contributed by atoms with Crippen molar-refractivity contribution in [2.75, 3.05) is 13.6 Å². The molecule has 1 aromatic rings. The molecule has 1 aromatic carbocycles. The van der Waals surface area contributed by atoms with Crippen LogP contribution in [0.2, 0.25) is 0 Å². The van der Waals surface area contributed by atoms with Crippen molar-refractivity contribution >= 4 is 17.4 Å². The van der Waals surface area contributed by atoms with Crippen molar-refractivity contribution in [2.45, 2.75) is 25.4 Å². The van der Waals surface area contributed by atoms with Crippen LogP contribution in [-0.4, -0.2) is 42.4 Å². The van der Waals surface area contributed by atoms with Gasteiger partial charge in [-0.2, -0.15) is 0 Å². The summed E-state index contributed by atoms with van der Waals surface area (Å²) in [5.74, 6) is -0.401. The zero-order valence-electron chi connectivity index (χ0n) is 12.4. The first kappa shape index (κ1) is 15.3. The summed E-state index contributed by atoms with van der Waals surface area (Å²) in [4.78, 5) is 25.7. The average Bonchev–Trinajstić information content (AvgIpc) is 2.62. The molecule has 2 amide bonds. The number of hydrogen-bond acceptors (Lipinski definition) is 3. The molecule has 0 saturated carbocycles. The number of nitrogens with one attached hydrogen (secondary N) is 1. The van der Waals surface area contributed by atoms with Crippen LogP contribution in [0, 0.1) is 0 Å². The minimum atomic E-state index is -0.629. The van der Waals surface area contributed by atoms with Gasteiger partial charge in [-0.05, 0) is 18.1 Å². The minimum absolute atomic E-state index is 0.0915. The van der Waals surface area contributed by atoms with Gasteiger partial charge in [0.1, 0.15) is 6.04 Å². The summed E-state index contributed by atoms with van der Waals surface area (Å²) >= 11 is 0. The molecular weight excluding hydrogens is 266 g/mol. The highest BCUT2D eigenvalue weighted by Crippen LogP contribution is 2.23. The molecule has 1 heterocycles. The molecular formula is C16H21N3O2. The molecule has 0 aliphatic carbocycles. The number of hydrogen-bond donors (Lipinski definition) is 2. The van der Waals surface area contributed by atoms with Crippen molar-refractivity contribution in [1.29, 1.82) is 0 Å². The number of amides is 2. The maximum atomic E-state index is 12.3. The monoisotopic (exact) mass is 287 g/mol. The molecule has 0 saturated heterocycles. The molecule has 21 heavy (non-hydrogen) atoms. The quantitative estimate of drug-likeness (QED) is 0.862. The number of benzene rings is 1. The first-order chi connectivity index (χ1) is 9.99. The molecule has 0 aromatic heterocycles. The van der Waals surface area contributed by atoms with E-state index >= 15 is 0 Å². The molecule has 0 unspecified atom stereocenters. The normalized spacial score (nSPS) is 20.5. The second-order valence-corrected chi connectivity index (χ2v) is 5.37. The van der Waals surface area contributed by atoms with Crippen LogP contribution >= 0.6 is 0 Å². The lowest BCUT2D eigenvalue weighted by Gasteiger charge is -2.22. The van der Waals surface area contributed by atoms with E-state index < -0.39 is 12.1 Å². The number of carbonyl (C=O) groups is 2. The fourth-order valence-corrected chi connectivity index (χ4v) is 2.30. The van der Waals surface area contributed by atoms with E-state index in [1.165, 1.54) is 0 Å². The molecule has 0 fully saturated rings. The number of nitrogens with zero attached hydrogens (tertiary/aromatic N) is 1. The van der Waals surface area contributed by atoms with Gasteiger partial charge in [0.25, 0.3) is 0 Å². The van der Waals surface area contributed by atoms with E-state index in [0.29, 0.717) is 13.0 Å². The van der Waals surface area contributed by atoms with Gasteiger partial charge in [-0.25, -0.2) is 0 Å². The van der Waals surface area contributed by atoms with Crippen molar-refractivity contribution in [3.8, 4) is 0 Å². The lowest BCUT2D eigenvalue weighted by atomic mass is 9.98. The van der Waals surface area contributed by atoms with E-state index in [0.717, 1.165) is 11.1 Å². The molecule has 0 bridgehead atoms. The highest BCUT2D eigenvalue weighted by Gasteiger charge is 2.28. The summed E-state index contributed by atoms with van der Waals surface area (Å²) in [5.41, 5.74) is 7.70. The van der Waals surface area contributed by atoms with Crippen molar-refractivity contribution in [1.82, 2.24) is 10.2 Å². The van der Waals surface area contributed by atoms with Gasteiger partial charge in [-0.1, -0.05) is 36.4 Å². The number of carbonyl (C=O) groups excluding carboxylic acids is 2. The van der Waals surface area contributed by atoms with Gasteiger partial charge in [0.2, 0.25) is 11.8 Å². The molecule has 1 aliphatic heterocycles. The second kappa shape index (κ2) is 6.54. The molecule has 0 radical (unpaired) electrons. The maximum absolute atomic E-state index is 12.3. The molecule has 0 spiro atoms. The van der Waals surface area contributed by atoms with Gasteiger partial charge in [0.15, 0.2) is 0 Å². The molecule has 5 heteroatoms. The van der Waals surface area contributed by atoms with Crippen LogP contribution in [0.1, 0.15) is 18.9 Å². The van der Waals surface area contributed by atoms with E-state index in [2.05, 4.69) is 5.32 Å². The van der Waals surface area contributed by atoms with E-state index in [1.807, 2.05) is 36.4 Å². The van der Waals surface area contributed by atoms with Crippen molar-refractivity contribution in [2.24, 2.45) is 5.73 Å². The summed E-state index contributed by atoms with van der Waals surface area (Å²) in [5, 5.41) is 2.74. The fraction of sp³-hybridized carbons (Fsp3) is 0.375. The molecule has 2 rings (SSSR count). The summed E-state index contributed by atoms with van der Waals surface area (Å²) in [6, 6.07) is 8.69. The first-order valence-corrected chi connectivity index (χ1v) is 7.04. The third-order valence-corrected chi connectivity index (χ3v) is 3.58. The Balaban J connectivity index is 2.22. The lowest BCUT2D eigenvalue weighted by molar-refractivity contribution is -0.134. The Labute approximate surface area is 124 Å². The fourth-order valence-electron chi connectivity index (χ4n) is 2.30. The van der Waals surface area contributed by atoms with Crippen LogP contribution in [0.25, 0.3) is 5.57 Å². The SMILES string of the molecule is C[C@H](N)C(=O)N[C@H]1CC(c2ccccc2)=CCN(C)C1=O. The predicted octanol–water partition coefficient (Wildman–Crippen LogP) is 0.764. The van der Waals surface area contributed by atoms with Gasteiger partial charge in [-0.3, -0.25) is 9.59 Å². The molecule has 3 N–H and O–H groups in total. The lowest BCUT2D eigenvalue weighted by Crippen LogP contribution is -2.50. The Morgan fingerprint density at radius 1 is 1.38 bits per heavy atom. The van der Waals surface area contributed by atoms with Crippen LogP contribution in [0.15, 0.2) is 36.4 Å². The van der Waals surface area contributed by atoms with Gasteiger partial charge in [0.05, 0.1) is 6.04 Å². The van der Waals surface area contributed by atoms with Gasteiger partial charge < -0.3 is 16.0 Å². The van der Waals surface area contributed by atoms with E-state index in [4.69, 9.17) is 5.73 Å². The number of nitrogens with two attached hydrogens (primary N) is 1. The summed E-state index contributed by atoms with van der Waals surface area (Å²) in [6.07, 6.45) is 2.51. The minimum Gasteiger partial charge on any atom is -0.343 e. The van der Waals surface area contributed by atoms with E-state index in [9.17, 15) is 9.59 Å². The van der Waals surface area contributed by atoms with E-state index in [-0.39, 0.29) is 11.8 Å². The zero-order chi connectivity index (χ0) is 15.4. The Morgan fingerprint density at radius 2 is 2.05 bits per heavy atom. The van der Waals surface area contributed by atoms with Crippen molar-refractivity contribution in [3.05, 3.63) is 42.0 Å². The van der Waals surface area contributed by atoms with Crippen LogP contribution in [-0.2, 0) is 9.59 Å². The first-order valence-electron chi connectivity index (χ1n) is 7.04. The van der Waals surface area contributed by atoms with Crippen LogP contribution < -0.4 is 11.1 Å². The topological polar surface area (TPSA) is 75.4 Å². The standard InChI is InChI=1S/C16H21N3O2/c1-11(17)15(20)18-14-10-13(8-9-19(2)16(14)21)12-6-4-3-5-7-12/h3-8,11,14H,9-10,17H2,1-2H3,(H,18,20)/t11-,14-/m0/s1. The van der Waals surface area contributed by atoms with Gasteiger partial charge in [0, 0.05) is 20.0 Å². The summed E-state index contributed by atoms with van der Waals surface area (Å²) in [7, 11) is 1.73. The highest BCUT2D eigenvalue weighted by molar-refractivity contribution is 5.91. The predicted molar refractivity (Wildman–Crippen MR) is 82.3 cm³/mol. The Bertz CT molecular complexity index is 552. The molecule has 2 atom stereocenters. The molecule has 1 aliphatic rings. The second-order valence-electron chi connectivity index (χ2n) is 5.37. The summed E-state index contributed by atoms with van der Waals surface area (Å²) < 4.78 is 0. The van der Waals surface area contributed by atoms with Crippen molar-refractivity contribution < 1.29 is 9.59 Å². The third kappa shape index (κ3) is 3.70. The van der Waals surface area contributed by atoms with Crippen LogP contribution in [0.4, 0.5) is 0 Å². The third-order valence-electron chi connectivity index (χ3n) is 3.58. The largest absolute Gasteiger partial charge is 0.343 e. The average molecular weight is 287 g/mol. The highest BCUT2D eigenvalue weighted by atomic mass is 16.2. The van der Waals surface area contributed by atoms with E-state index in [1.54, 1.807) is 18.9 Å². The number of likely N-dealkylation sites (N-methyl/N-ethyl adjacent to an activating group) is 1. The van der Waals surface area contributed by atoms with Crippen LogP contribution in [0.5, 0.6) is 0 Å². The summed E-state index contributed by atoms with van der Waals surface area (Å²) in [6.45, 7) is 2.14. The smallest absolute Gasteiger partial charge is 0.245 e.